The fraction of sp³-hybridized carbons (Fsp3) is 0.667. The maximum atomic E-state index is 11.9. The van der Waals surface area contributed by atoms with Gasteiger partial charge in [0.1, 0.15) is 5.82 Å². The van der Waals surface area contributed by atoms with Gasteiger partial charge in [0.25, 0.3) is 5.56 Å². The molecule has 0 aliphatic carbocycles. The Bertz CT molecular complexity index is 480. The van der Waals surface area contributed by atoms with Gasteiger partial charge in [-0.15, -0.1) is 0 Å². The SMILES string of the molecule is Cc1nc2c(c(=O)[nH]1)C[C@@H]1CC[C@H](C2)N1C. The fourth-order valence-corrected chi connectivity index (χ4v) is 3.09. The van der Waals surface area contributed by atoms with Crippen LogP contribution >= 0.6 is 0 Å². The van der Waals surface area contributed by atoms with Crippen LogP contribution in [0.1, 0.15) is 29.9 Å². The third-order valence-corrected chi connectivity index (χ3v) is 4.07. The van der Waals surface area contributed by atoms with E-state index in [1.807, 2.05) is 6.92 Å². The number of nitrogens with one attached hydrogen (secondary N) is 1. The third kappa shape index (κ3) is 1.40. The first-order valence-electron chi connectivity index (χ1n) is 5.96. The van der Waals surface area contributed by atoms with E-state index in [2.05, 4.69) is 21.9 Å². The molecule has 3 rings (SSSR count). The summed E-state index contributed by atoms with van der Waals surface area (Å²) in [6.45, 7) is 1.86. The minimum absolute atomic E-state index is 0.0726. The number of aromatic amines is 1. The van der Waals surface area contributed by atoms with Gasteiger partial charge in [-0.25, -0.2) is 4.98 Å². The zero-order chi connectivity index (χ0) is 11.3. The van der Waals surface area contributed by atoms with Gasteiger partial charge >= 0.3 is 0 Å². The Morgan fingerprint density at radius 3 is 2.75 bits per heavy atom. The highest BCUT2D eigenvalue weighted by Crippen LogP contribution is 2.30. The number of hydrogen-bond acceptors (Lipinski definition) is 3. The lowest BCUT2D eigenvalue weighted by molar-refractivity contribution is 0.246. The largest absolute Gasteiger partial charge is 0.311 e. The average molecular weight is 219 g/mol. The van der Waals surface area contributed by atoms with Gasteiger partial charge in [-0.3, -0.25) is 9.69 Å². The maximum absolute atomic E-state index is 11.9. The zero-order valence-electron chi connectivity index (χ0n) is 9.79. The van der Waals surface area contributed by atoms with Crippen molar-refractivity contribution in [3.8, 4) is 0 Å². The van der Waals surface area contributed by atoms with Crippen molar-refractivity contribution in [2.75, 3.05) is 7.05 Å². The molecule has 2 aliphatic rings. The van der Waals surface area contributed by atoms with E-state index in [9.17, 15) is 4.79 Å². The second-order valence-corrected chi connectivity index (χ2v) is 5.04. The van der Waals surface area contributed by atoms with Crippen LogP contribution in [0.5, 0.6) is 0 Å². The Morgan fingerprint density at radius 1 is 1.31 bits per heavy atom. The molecule has 1 fully saturated rings. The summed E-state index contributed by atoms with van der Waals surface area (Å²) < 4.78 is 0. The minimum Gasteiger partial charge on any atom is -0.311 e. The molecule has 4 nitrogen and oxygen atoms in total. The Labute approximate surface area is 94.7 Å². The molecule has 4 heteroatoms. The molecule has 1 saturated heterocycles. The first-order valence-corrected chi connectivity index (χ1v) is 5.96. The molecule has 16 heavy (non-hydrogen) atoms. The van der Waals surface area contributed by atoms with Crippen LogP contribution in [0.4, 0.5) is 0 Å². The molecular weight excluding hydrogens is 202 g/mol. The lowest BCUT2D eigenvalue weighted by atomic mass is 9.98. The van der Waals surface area contributed by atoms with E-state index in [0.29, 0.717) is 12.1 Å². The van der Waals surface area contributed by atoms with Crippen LogP contribution in [-0.4, -0.2) is 34.0 Å². The molecule has 2 atom stereocenters. The van der Waals surface area contributed by atoms with Crippen molar-refractivity contribution in [1.29, 1.82) is 0 Å². The van der Waals surface area contributed by atoms with E-state index in [1.54, 1.807) is 0 Å². The molecule has 0 aromatic carbocycles. The van der Waals surface area contributed by atoms with Crippen LogP contribution in [0, 0.1) is 6.92 Å². The highest BCUT2D eigenvalue weighted by atomic mass is 16.1. The van der Waals surface area contributed by atoms with Crippen molar-refractivity contribution in [3.05, 3.63) is 27.4 Å². The summed E-state index contributed by atoms with van der Waals surface area (Å²) in [5.74, 6) is 0.740. The van der Waals surface area contributed by atoms with Gasteiger partial charge in [0, 0.05) is 24.1 Å². The summed E-state index contributed by atoms with van der Waals surface area (Å²) in [5.41, 5.74) is 2.02. The van der Waals surface area contributed by atoms with Gasteiger partial charge in [-0.05, 0) is 33.2 Å². The number of H-pyrrole nitrogens is 1. The van der Waals surface area contributed by atoms with Crippen LogP contribution in [-0.2, 0) is 12.8 Å². The topological polar surface area (TPSA) is 49.0 Å². The van der Waals surface area contributed by atoms with E-state index in [4.69, 9.17) is 0 Å². The molecule has 0 radical (unpaired) electrons. The molecule has 3 heterocycles. The van der Waals surface area contributed by atoms with Crippen molar-refractivity contribution in [2.24, 2.45) is 0 Å². The quantitative estimate of drug-likeness (QED) is 0.696. The summed E-state index contributed by atoms with van der Waals surface area (Å²) in [6.07, 6.45) is 4.26. The van der Waals surface area contributed by atoms with Crippen LogP contribution in [0.25, 0.3) is 0 Å². The number of aryl methyl sites for hydroxylation is 1. The smallest absolute Gasteiger partial charge is 0.254 e. The van der Waals surface area contributed by atoms with Gasteiger partial charge in [0.05, 0.1) is 5.69 Å². The Hall–Kier alpha value is -1.16. The summed E-state index contributed by atoms with van der Waals surface area (Å²) in [5, 5.41) is 0. The van der Waals surface area contributed by atoms with Crippen LogP contribution in [0.2, 0.25) is 0 Å². The summed E-state index contributed by atoms with van der Waals surface area (Å²) in [6, 6.07) is 1.12. The van der Waals surface area contributed by atoms with Gasteiger partial charge in [-0.2, -0.15) is 0 Å². The molecule has 86 valence electrons. The zero-order valence-corrected chi connectivity index (χ0v) is 9.79. The molecule has 2 bridgehead atoms. The lowest BCUT2D eigenvalue weighted by Gasteiger charge is -2.21. The summed E-state index contributed by atoms with van der Waals surface area (Å²) >= 11 is 0. The fourth-order valence-electron chi connectivity index (χ4n) is 3.09. The lowest BCUT2D eigenvalue weighted by Crippen LogP contribution is -2.32. The van der Waals surface area contributed by atoms with E-state index in [-0.39, 0.29) is 5.56 Å². The normalized spacial score (nSPS) is 28.9. The van der Waals surface area contributed by atoms with Gasteiger partial charge < -0.3 is 4.98 Å². The Kier molecular flexibility index (Phi) is 2.14. The molecule has 2 aliphatic heterocycles. The number of fused-ring (bicyclic) bond motifs is 3. The van der Waals surface area contributed by atoms with Crippen molar-refractivity contribution >= 4 is 0 Å². The Morgan fingerprint density at radius 2 is 2.00 bits per heavy atom. The number of nitrogens with zero attached hydrogens (tertiary/aromatic N) is 2. The highest BCUT2D eigenvalue weighted by Gasteiger charge is 2.35. The minimum atomic E-state index is 0.0726. The van der Waals surface area contributed by atoms with Crippen molar-refractivity contribution in [1.82, 2.24) is 14.9 Å². The predicted molar refractivity (Wildman–Crippen MR) is 61.6 cm³/mol. The van der Waals surface area contributed by atoms with Gasteiger partial charge in [0.15, 0.2) is 0 Å². The highest BCUT2D eigenvalue weighted by molar-refractivity contribution is 5.23. The molecule has 1 N–H and O–H groups in total. The molecule has 0 saturated carbocycles. The van der Waals surface area contributed by atoms with E-state index in [0.717, 1.165) is 29.9 Å². The van der Waals surface area contributed by atoms with Crippen LogP contribution in [0.3, 0.4) is 0 Å². The molecule has 0 unspecified atom stereocenters. The predicted octanol–water partition coefficient (Wildman–Crippen LogP) is 0.640. The first kappa shape index (κ1) is 10.0. The van der Waals surface area contributed by atoms with Gasteiger partial charge in [0.2, 0.25) is 0 Å². The standard InChI is InChI=1S/C12H17N3O/c1-7-13-11-6-9-4-3-8(15(9)2)5-10(11)12(16)14-7/h8-9H,3-6H2,1-2H3,(H,13,14,16)/t8-,9+/m0/s1. The molecule has 0 amide bonds. The summed E-state index contributed by atoms with van der Waals surface area (Å²) in [7, 11) is 2.18. The number of hydrogen-bond donors (Lipinski definition) is 1. The van der Waals surface area contributed by atoms with Crippen molar-refractivity contribution in [3.63, 3.8) is 0 Å². The van der Waals surface area contributed by atoms with E-state index in [1.165, 1.54) is 12.8 Å². The van der Waals surface area contributed by atoms with Crippen molar-refractivity contribution < 1.29 is 0 Å². The first-order chi connectivity index (χ1) is 7.65. The van der Waals surface area contributed by atoms with E-state index >= 15 is 0 Å². The number of rotatable bonds is 0. The number of likely N-dealkylation sites (N-methyl/N-ethyl adjacent to an activating group) is 1. The van der Waals surface area contributed by atoms with Crippen LogP contribution in [0.15, 0.2) is 4.79 Å². The Balaban J connectivity index is 2.11. The maximum Gasteiger partial charge on any atom is 0.254 e. The molecule has 1 aromatic heterocycles. The average Bonchev–Trinajstić information content (AvgIpc) is 2.44. The molecule has 1 aromatic rings. The van der Waals surface area contributed by atoms with Crippen LogP contribution < -0.4 is 5.56 Å². The third-order valence-electron chi connectivity index (χ3n) is 4.07. The monoisotopic (exact) mass is 219 g/mol. The van der Waals surface area contributed by atoms with Gasteiger partial charge in [-0.1, -0.05) is 0 Å². The number of aromatic nitrogens is 2. The molecular formula is C12H17N3O. The second-order valence-electron chi connectivity index (χ2n) is 5.04. The summed E-state index contributed by atoms with van der Waals surface area (Å²) in [4.78, 5) is 21.7. The second kappa shape index (κ2) is 3.42. The van der Waals surface area contributed by atoms with E-state index < -0.39 is 0 Å². The van der Waals surface area contributed by atoms with Crippen molar-refractivity contribution in [2.45, 2.75) is 44.7 Å². The molecule has 0 spiro atoms.